The van der Waals surface area contributed by atoms with Gasteiger partial charge in [0.15, 0.2) is 0 Å². The van der Waals surface area contributed by atoms with Gasteiger partial charge in [-0.15, -0.1) is 0 Å². The van der Waals surface area contributed by atoms with Gasteiger partial charge in [-0.3, -0.25) is 9.78 Å². The summed E-state index contributed by atoms with van der Waals surface area (Å²) < 4.78 is 0. The van der Waals surface area contributed by atoms with Gasteiger partial charge >= 0.3 is 0 Å². The van der Waals surface area contributed by atoms with Crippen LogP contribution >= 0.6 is 0 Å². The Morgan fingerprint density at radius 3 is 2.73 bits per heavy atom. The van der Waals surface area contributed by atoms with Gasteiger partial charge in [0, 0.05) is 25.4 Å². The maximum Gasteiger partial charge on any atom is 0.223 e. The summed E-state index contributed by atoms with van der Waals surface area (Å²) in [5.74, 6) is 0.333. The molecule has 0 saturated carbocycles. The highest BCUT2D eigenvalue weighted by atomic mass is 16.2. The smallest absolute Gasteiger partial charge is 0.223 e. The zero-order chi connectivity index (χ0) is 15.6. The Balaban J connectivity index is 1.70. The quantitative estimate of drug-likeness (QED) is 0.609. The molecule has 0 spiro atoms. The lowest BCUT2D eigenvalue weighted by molar-refractivity contribution is -0.132. The molecule has 122 valence electrons. The fraction of sp³-hybridized carbons (Fsp3) is 0.684. The van der Waals surface area contributed by atoms with Crippen LogP contribution in [0.2, 0.25) is 0 Å². The molecule has 0 aliphatic carbocycles. The summed E-state index contributed by atoms with van der Waals surface area (Å²) in [7, 11) is 0. The van der Waals surface area contributed by atoms with Gasteiger partial charge < -0.3 is 4.90 Å². The molecule has 2 heterocycles. The third kappa shape index (κ3) is 5.11. The van der Waals surface area contributed by atoms with Crippen molar-refractivity contribution >= 4 is 5.91 Å². The van der Waals surface area contributed by atoms with Crippen molar-refractivity contribution in [1.82, 2.24) is 9.88 Å². The monoisotopic (exact) mass is 302 g/mol. The first-order valence-electron chi connectivity index (χ1n) is 9.02. The number of nitrogens with zero attached hydrogens (tertiary/aromatic N) is 2. The lowest BCUT2D eigenvalue weighted by Crippen LogP contribution is -2.30. The first kappa shape index (κ1) is 17.0. The van der Waals surface area contributed by atoms with Crippen LogP contribution in [0.3, 0.4) is 0 Å². The Kier molecular flexibility index (Phi) is 7.41. The maximum atomic E-state index is 12.5. The third-order valence-electron chi connectivity index (χ3n) is 4.64. The van der Waals surface area contributed by atoms with Crippen molar-refractivity contribution in [1.29, 1.82) is 0 Å². The number of aromatic nitrogens is 1. The van der Waals surface area contributed by atoms with Gasteiger partial charge in [-0.25, -0.2) is 0 Å². The van der Waals surface area contributed by atoms with E-state index in [1.807, 2.05) is 12.3 Å². The van der Waals surface area contributed by atoms with Crippen LogP contribution in [0, 0.1) is 0 Å². The van der Waals surface area contributed by atoms with E-state index in [1.54, 1.807) is 6.20 Å². The number of pyridine rings is 1. The van der Waals surface area contributed by atoms with Crippen molar-refractivity contribution in [3.8, 4) is 0 Å². The molecule has 1 saturated heterocycles. The van der Waals surface area contributed by atoms with Crippen molar-refractivity contribution in [2.45, 2.75) is 77.2 Å². The number of amides is 1. The van der Waals surface area contributed by atoms with E-state index < -0.39 is 0 Å². The van der Waals surface area contributed by atoms with Gasteiger partial charge in [0.1, 0.15) is 0 Å². The van der Waals surface area contributed by atoms with Crippen LogP contribution in [0.4, 0.5) is 0 Å². The van der Waals surface area contributed by atoms with Crippen molar-refractivity contribution < 1.29 is 4.79 Å². The lowest BCUT2D eigenvalue weighted by atomic mass is 10.1. The van der Waals surface area contributed by atoms with Crippen molar-refractivity contribution in [3.05, 3.63) is 30.1 Å². The van der Waals surface area contributed by atoms with E-state index in [1.165, 1.54) is 44.1 Å². The van der Waals surface area contributed by atoms with Crippen LogP contribution in [-0.2, 0) is 4.79 Å². The second-order valence-electron chi connectivity index (χ2n) is 6.40. The van der Waals surface area contributed by atoms with Gasteiger partial charge in [0.05, 0.1) is 6.04 Å². The van der Waals surface area contributed by atoms with Crippen molar-refractivity contribution in [2.24, 2.45) is 0 Å². The molecule has 1 aromatic heterocycles. The van der Waals surface area contributed by atoms with Crippen LogP contribution < -0.4 is 0 Å². The van der Waals surface area contributed by atoms with Crippen LogP contribution in [0.5, 0.6) is 0 Å². The first-order chi connectivity index (χ1) is 10.8. The van der Waals surface area contributed by atoms with Gasteiger partial charge in [-0.2, -0.15) is 0 Å². The molecule has 1 atom stereocenters. The average Bonchev–Trinajstić information content (AvgIpc) is 3.04. The van der Waals surface area contributed by atoms with E-state index in [4.69, 9.17) is 0 Å². The number of hydrogen-bond acceptors (Lipinski definition) is 2. The summed E-state index contributed by atoms with van der Waals surface area (Å²) >= 11 is 0. The molecule has 1 amide bonds. The minimum absolute atomic E-state index is 0.255. The zero-order valence-corrected chi connectivity index (χ0v) is 14.0. The van der Waals surface area contributed by atoms with E-state index in [-0.39, 0.29) is 6.04 Å². The Hall–Kier alpha value is -1.38. The highest BCUT2D eigenvalue weighted by Crippen LogP contribution is 2.32. The molecule has 0 radical (unpaired) electrons. The molecule has 0 bridgehead atoms. The number of carbonyl (C=O) groups is 1. The number of unbranched alkanes of at least 4 members (excludes halogenated alkanes) is 6. The molecule has 3 heteroatoms. The third-order valence-corrected chi connectivity index (χ3v) is 4.64. The van der Waals surface area contributed by atoms with E-state index in [0.29, 0.717) is 12.3 Å². The zero-order valence-electron chi connectivity index (χ0n) is 14.0. The van der Waals surface area contributed by atoms with Crippen LogP contribution in [-0.4, -0.2) is 22.3 Å². The summed E-state index contributed by atoms with van der Waals surface area (Å²) in [6.45, 7) is 3.16. The number of hydrogen-bond donors (Lipinski definition) is 0. The normalized spacial score (nSPS) is 17.9. The van der Waals surface area contributed by atoms with Crippen molar-refractivity contribution in [3.63, 3.8) is 0 Å². The molecule has 1 aliphatic heterocycles. The van der Waals surface area contributed by atoms with Gasteiger partial charge in [0.2, 0.25) is 5.91 Å². The highest BCUT2D eigenvalue weighted by molar-refractivity contribution is 5.77. The van der Waals surface area contributed by atoms with Crippen LogP contribution in [0.25, 0.3) is 0 Å². The van der Waals surface area contributed by atoms with E-state index in [2.05, 4.69) is 22.9 Å². The van der Waals surface area contributed by atoms with Crippen LogP contribution in [0.1, 0.15) is 82.7 Å². The number of likely N-dealkylation sites (tertiary alicyclic amines) is 1. The van der Waals surface area contributed by atoms with Gasteiger partial charge in [-0.05, 0) is 30.9 Å². The standard InChI is InChI=1S/C19H30N2O/c1-2-3-4-5-6-7-8-13-19(22)21-15-10-12-18(21)17-11-9-14-20-16-17/h9,11,14,16,18H,2-8,10,12-13,15H2,1H3. The molecule has 2 rings (SSSR count). The molecule has 1 aliphatic rings. The largest absolute Gasteiger partial charge is 0.336 e. The predicted molar refractivity (Wildman–Crippen MR) is 90.5 cm³/mol. The maximum absolute atomic E-state index is 12.5. The molecule has 3 nitrogen and oxygen atoms in total. The number of carbonyl (C=O) groups excluding carboxylic acids is 1. The fourth-order valence-electron chi connectivity index (χ4n) is 3.36. The van der Waals surface area contributed by atoms with E-state index >= 15 is 0 Å². The molecule has 1 aromatic rings. The predicted octanol–water partition coefficient (Wildman–Crippen LogP) is 4.89. The molecular formula is C19H30N2O. The Morgan fingerprint density at radius 1 is 1.23 bits per heavy atom. The molecule has 0 aromatic carbocycles. The van der Waals surface area contributed by atoms with E-state index in [9.17, 15) is 4.79 Å². The summed E-state index contributed by atoms with van der Waals surface area (Å²) in [6, 6.07) is 4.31. The van der Waals surface area contributed by atoms with E-state index in [0.717, 1.165) is 25.8 Å². The SMILES string of the molecule is CCCCCCCCCC(=O)N1CCCC1c1cccnc1. The summed E-state index contributed by atoms with van der Waals surface area (Å²) in [5.41, 5.74) is 1.19. The molecule has 1 fully saturated rings. The van der Waals surface area contributed by atoms with Crippen molar-refractivity contribution in [2.75, 3.05) is 6.54 Å². The molecule has 0 N–H and O–H groups in total. The topological polar surface area (TPSA) is 33.2 Å². The average molecular weight is 302 g/mol. The molecular weight excluding hydrogens is 272 g/mol. The molecule has 22 heavy (non-hydrogen) atoms. The minimum Gasteiger partial charge on any atom is -0.336 e. The Bertz CT molecular complexity index is 432. The Morgan fingerprint density at radius 2 is 2.00 bits per heavy atom. The summed E-state index contributed by atoms with van der Waals surface area (Å²) in [4.78, 5) is 18.7. The lowest BCUT2D eigenvalue weighted by Gasteiger charge is -2.25. The van der Waals surface area contributed by atoms with Crippen LogP contribution in [0.15, 0.2) is 24.5 Å². The second-order valence-corrected chi connectivity index (χ2v) is 6.40. The highest BCUT2D eigenvalue weighted by Gasteiger charge is 2.29. The summed E-state index contributed by atoms with van der Waals surface area (Å²) in [6.07, 6.45) is 15.4. The second kappa shape index (κ2) is 9.60. The molecule has 1 unspecified atom stereocenters. The Labute approximate surface area is 135 Å². The minimum atomic E-state index is 0.255. The summed E-state index contributed by atoms with van der Waals surface area (Å²) in [5, 5.41) is 0. The fourth-order valence-corrected chi connectivity index (χ4v) is 3.36. The van der Waals surface area contributed by atoms with Gasteiger partial charge in [-0.1, -0.05) is 51.5 Å². The first-order valence-corrected chi connectivity index (χ1v) is 9.02. The number of rotatable bonds is 9. The van der Waals surface area contributed by atoms with Gasteiger partial charge in [0.25, 0.3) is 0 Å².